The summed E-state index contributed by atoms with van der Waals surface area (Å²) in [5.41, 5.74) is 0. The SMILES string of the molecule is CCCCCCCCCCCCCCCCCC[SiH2]OCC. The van der Waals surface area contributed by atoms with E-state index in [1.807, 2.05) is 0 Å². The molecule has 0 spiro atoms. The fourth-order valence-electron chi connectivity index (χ4n) is 3.07. The molecule has 0 aliphatic carbocycles. The minimum atomic E-state index is -0.153. The fourth-order valence-corrected chi connectivity index (χ4v) is 4.12. The molecular formula is C20H44OSi. The molecule has 0 rings (SSSR count). The van der Waals surface area contributed by atoms with E-state index in [1.54, 1.807) is 0 Å². The Balaban J connectivity index is 2.91. The first kappa shape index (κ1) is 22.2. The van der Waals surface area contributed by atoms with Crippen LogP contribution in [-0.2, 0) is 4.43 Å². The van der Waals surface area contributed by atoms with Gasteiger partial charge in [0, 0.05) is 6.61 Å². The first-order chi connectivity index (χ1) is 10.9. The van der Waals surface area contributed by atoms with Gasteiger partial charge in [-0.1, -0.05) is 110 Å². The van der Waals surface area contributed by atoms with Gasteiger partial charge in [-0.2, -0.15) is 0 Å². The zero-order chi connectivity index (χ0) is 16.1. The summed E-state index contributed by atoms with van der Waals surface area (Å²) in [6.07, 6.45) is 23.4. The highest BCUT2D eigenvalue weighted by Gasteiger charge is 1.95. The summed E-state index contributed by atoms with van der Waals surface area (Å²) in [5.74, 6) is 0. The quantitative estimate of drug-likeness (QED) is 0.187. The molecular weight excluding hydrogens is 284 g/mol. The van der Waals surface area contributed by atoms with Gasteiger partial charge in [-0.25, -0.2) is 0 Å². The second kappa shape index (κ2) is 21.2. The van der Waals surface area contributed by atoms with Gasteiger partial charge in [0.1, 0.15) is 0 Å². The maximum atomic E-state index is 5.50. The van der Waals surface area contributed by atoms with Gasteiger partial charge in [0.15, 0.2) is 9.76 Å². The molecule has 2 heteroatoms. The lowest BCUT2D eigenvalue weighted by molar-refractivity contribution is 0.358. The van der Waals surface area contributed by atoms with Gasteiger partial charge < -0.3 is 4.43 Å². The Morgan fingerprint density at radius 3 is 1.23 bits per heavy atom. The van der Waals surface area contributed by atoms with E-state index in [0.29, 0.717) is 0 Å². The second-order valence-electron chi connectivity index (χ2n) is 6.85. The van der Waals surface area contributed by atoms with E-state index < -0.39 is 0 Å². The van der Waals surface area contributed by atoms with E-state index >= 15 is 0 Å². The minimum Gasteiger partial charge on any atom is -0.424 e. The molecule has 0 aliphatic rings. The van der Waals surface area contributed by atoms with Crippen LogP contribution in [0.1, 0.15) is 117 Å². The summed E-state index contributed by atoms with van der Waals surface area (Å²) in [7, 11) is -0.153. The Bertz CT molecular complexity index is 165. The van der Waals surface area contributed by atoms with Crippen LogP contribution in [0.15, 0.2) is 0 Å². The van der Waals surface area contributed by atoms with Crippen LogP contribution in [0.25, 0.3) is 0 Å². The highest BCUT2D eigenvalue weighted by Crippen LogP contribution is 2.13. The van der Waals surface area contributed by atoms with E-state index in [-0.39, 0.29) is 9.76 Å². The molecule has 0 unspecified atom stereocenters. The zero-order valence-electron chi connectivity index (χ0n) is 15.8. The predicted molar refractivity (Wildman–Crippen MR) is 105 cm³/mol. The third-order valence-corrected chi connectivity index (χ3v) is 6.08. The van der Waals surface area contributed by atoms with Gasteiger partial charge in [-0.3, -0.25) is 0 Å². The average Bonchev–Trinajstić information content (AvgIpc) is 2.54. The molecule has 0 aromatic carbocycles. The van der Waals surface area contributed by atoms with Crippen LogP contribution >= 0.6 is 0 Å². The van der Waals surface area contributed by atoms with E-state index in [4.69, 9.17) is 4.43 Å². The van der Waals surface area contributed by atoms with E-state index in [1.165, 1.54) is 109 Å². The zero-order valence-corrected chi connectivity index (χ0v) is 17.3. The molecule has 0 saturated carbocycles. The molecule has 134 valence electrons. The van der Waals surface area contributed by atoms with Crippen LogP contribution in [0.3, 0.4) is 0 Å². The molecule has 0 atom stereocenters. The van der Waals surface area contributed by atoms with Crippen molar-refractivity contribution in [3.8, 4) is 0 Å². The molecule has 0 fully saturated rings. The summed E-state index contributed by atoms with van der Waals surface area (Å²) in [5, 5.41) is 0. The third-order valence-electron chi connectivity index (χ3n) is 4.60. The first-order valence-corrected chi connectivity index (χ1v) is 12.1. The van der Waals surface area contributed by atoms with Crippen LogP contribution in [-0.4, -0.2) is 16.4 Å². The molecule has 0 aromatic rings. The van der Waals surface area contributed by atoms with Crippen LogP contribution < -0.4 is 0 Å². The predicted octanol–water partition coefficient (Wildman–Crippen LogP) is 6.79. The highest BCUT2D eigenvalue weighted by atomic mass is 28.2. The molecule has 0 saturated heterocycles. The largest absolute Gasteiger partial charge is 0.424 e. The molecule has 0 heterocycles. The lowest BCUT2D eigenvalue weighted by atomic mass is 10.0. The number of hydrogen-bond acceptors (Lipinski definition) is 1. The van der Waals surface area contributed by atoms with Gasteiger partial charge in [0.25, 0.3) is 0 Å². The summed E-state index contributed by atoms with van der Waals surface area (Å²) in [6, 6.07) is 1.40. The second-order valence-corrected chi connectivity index (χ2v) is 8.38. The lowest BCUT2D eigenvalue weighted by Gasteiger charge is -2.03. The van der Waals surface area contributed by atoms with Crippen molar-refractivity contribution in [3.05, 3.63) is 0 Å². The summed E-state index contributed by atoms with van der Waals surface area (Å²) in [4.78, 5) is 0. The van der Waals surface area contributed by atoms with Crippen LogP contribution in [0.2, 0.25) is 6.04 Å². The van der Waals surface area contributed by atoms with Crippen molar-refractivity contribution in [2.45, 2.75) is 123 Å². The van der Waals surface area contributed by atoms with Crippen molar-refractivity contribution < 1.29 is 4.43 Å². The minimum absolute atomic E-state index is 0.153. The monoisotopic (exact) mass is 328 g/mol. The number of unbranched alkanes of at least 4 members (excludes halogenated alkanes) is 15. The Morgan fingerprint density at radius 2 is 0.864 bits per heavy atom. The molecule has 0 amide bonds. The Morgan fingerprint density at radius 1 is 0.500 bits per heavy atom. The van der Waals surface area contributed by atoms with E-state index in [2.05, 4.69) is 13.8 Å². The molecule has 1 nitrogen and oxygen atoms in total. The highest BCUT2D eigenvalue weighted by molar-refractivity contribution is 6.26. The number of hydrogen-bond donors (Lipinski definition) is 0. The Hall–Kier alpha value is 0.177. The van der Waals surface area contributed by atoms with Crippen molar-refractivity contribution in [3.63, 3.8) is 0 Å². The lowest BCUT2D eigenvalue weighted by Crippen LogP contribution is -1.96. The molecule has 22 heavy (non-hydrogen) atoms. The van der Waals surface area contributed by atoms with Gasteiger partial charge >= 0.3 is 0 Å². The molecule has 0 N–H and O–H groups in total. The molecule has 0 aromatic heterocycles. The molecule has 0 aliphatic heterocycles. The number of rotatable bonds is 19. The average molecular weight is 329 g/mol. The maximum absolute atomic E-state index is 5.50. The maximum Gasteiger partial charge on any atom is 0.161 e. The van der Waals surface area contributed by atoms with Gasteiger partial charge in [-0.15, -0.1) is 0 Å². The topological polar surface area (TPSA) is 9.23 Å². The van der Waals surface area contributed by atoms with Crippen molar-refractivity contribution >= 4 is 9.76 Å². The standard InChI is InChI=1S/C20H44OSi/c1-3-5-6-7-8-9-10-11-12-13-14-15-16-17-18-19-20-22-21-4-2/h3-20,22H2,1-2H3. The molecule has 0 radical (unpaired) electrons. The first-order valence-electron chi connectivity index (χ1n) is 10.5. The smallest absolute Gasteiger partial charge is 0.161 e. The van der Waals surface area contributed by atoms with Gasteiger partial charge in [-0.05, 0) is 13.0 Å². The van der Waals surface area contributed by atoms with Gasteiger partial charge in [0.2, 0.25) is 0 Å². The van der Waals surface area contributed by atoms with Crippen molar-refractivity contribution in [1.82, 2.24) is 0 Å². The fraction of sp³-hybridized carbons (Fsp3) is 1.00. The van der Waals surface area contributed by atoms with Crippen LogP contribution in [0.4, 0.5) is 0 Å². The van der Waals surface area contributed by atoms with Crippen molar-refractivity contribution in [2.75, 3.05) is 6.61 Å². The van der Waals surface area contributed by atoms with E-state index in [0.717, 1.165) is 6.61 Å². The summed E-state index contributed by atoms with van der Waals surface area (Å²) in [6.45, 7) is 5.34. The van der Waals surface area contributed by atoms with Crippen molar-refractivity contribution in [1.29, 1.82) is 0 Å². The van der Waals surface area contributed by atoms with E-state index in [9.17, 15) is 0 Å². The summed E-state index contributed by atoms with van der Waals surface area (Å²) >= 11 is 0. The van der Waals surface area contributed by atoms with Crippen molar-refractivity contribution in [2.24, 2.45) is 0 Å². The normalized spacial score (nSPS) is 11.7. The third kappa shape index (κ3) is 20.2. The summed E-state index contributed by atoms with van der Waals surface area (Å²) < 4.78 is 5.50. The van der Waals surface area contributed by atoms with Crippen LogP contribution in [0, 0.1) is 0 Å². The molecule has 0 bridgehead atoms. The Labute approximate surface area is 143 Å². The van der Waals surface area contributed by atoms with Crippen LogP contribution in [0.5, 0.6) is 0 Å². The Kier molecular flexibility index (Phi) is 21.3. The van der Waals surface area contributed by atoms with Gasteiger partial charge in [0.05, 0.1) is 0 Å².